The molecule has 0 aliphatic heterocycles. The SMILES string of the molecule is C[C@H](NC(=O)[C@H](Cc1ccccc1)NS(=O)(=O)c1ccccc1)C(=O)Nc1n[nH]c(=S)s1. The van der Waals surface area contributed by atoms with Crippen LogP contribution in [-0.2, 0) is 26.0 Å². The van der Waals surface area contributed by atoms with E-state index in [1.54, 1.807) is 42.5 Å². The van der Waals surface area contributed by atoms with Gasteiger partial charge in [0.05, 0.1) is 4.90 Å². The first kappa shape index (κ1) is 23.7. The smallest absolute Gasteiger partial charge is 0.248 e. The largest absolute Gasteiger partial charge is 0.343 e. The number of H-pyrrole nitrogens is 1. The first-order valence-electron chi connectivity index (χ1n) is 9.52. The van der Waals surface area contributed by atoms with Crippen LogP contribution in [0.3, 0.4) is 0 Å². The summed E-state index contributed by atoms with van der Waals surface area (Å²) >= 11 is 6.00. The molecular formula is C20H21N5O4S3. The molecule has 2 aromatic carbocycles. The molecule has 0 saturated carbocycles. The molecule has 0 aliphatic rings. The van der Waals surface area contributed by atoms with Crippen LogP contribution in [0.4, 0.5) is 5.13 Å². The van der Waals surface area contributed by atoms with E-state index in [1.807, 2.05) is 6.07 Å². The van der Waals surface area contributed by atoms with Crippen LogP contribution in [0.1, 0.15) is 12.5 Å². The molecule has 0 bridgehead atoms. The Morgan fingerprint density at radius 2 is 1.69 bits per heavy atom. The van der Waals surface area contributed by atoms with Crippen molar-refractivity contribution in [1.29, 1.82) is 0 Å². The summed E-state index contributed by atoms with van der Waals surface area (Å²) < 4.78 is 28.5. The van der Waals surface area contributed by atoms with E-state index < -0.39 is 33.9 Å². The third-order valence-corrected chi connectivity index (χ3v) is 6.86. The van der Waals surface area contributed by atoms with Gasteiger partial charge in [0, 0.05) is 0 Å². The van der Waals surface area contributed by atoms with Gasteiger partial charge in [0.1, 0.15) is 12.1 Å². The van der Waals surface area contributed by atoms with Gasteiger partial charge in [-0.2, -0.15) is 4.72 Å². The fraction of sp³-hybridized carbons (Fsp3) is 0.200. The van der Waals surface area contributed by atoms with E-state index in [-0.39, 0.29) is 16.4 Å². The molecule has 3 aromatic rings. The molecule has 0 fully saturated rings. The average Bonchev–Trinajstić information content (AvgIpc) is 3.18. The number of aromatic amines is 1. The molecule has 1 aromatic heterocycles. The molecule has 0 radical (unpaired) electrons. The Kier molecular flexibility index (Phi) is 7.85. The third-order valence-electron chi connectivity index (χ3n) is 4.37. The molecule has 2 amide bonds. The summed E-state index contributed by atoms with van der Waals surface area (Å²) in [5.74, 6) is -1.15. The maximum Gasteiger partial charge on any atom is 0.248 e. The van der Waals surface area contributed by atoms with Gasteiger partial charge in [-0.05, 0) is 43.3 Å². The first-order chi connectivity index (χ1) is 15.2. The first-order valence-corrected chi connectivity index (χ1v) is 12.2. The zero-order chi connectivity index (χ0) is 23.1. The van der Waals surface area contributed by atoms with E-state index in [4.69, 9.17) is 12.2 Å². The summed E-state index contributed by atoms with van der Waals surface area (Å²) in [6.07, 6.45) is 0.105. The predicted molar refractivity (Wildman–Crippen MR) is 124 cm³/mol. The highest BCUT2D eigenvalue weighted by molar-refractivity contribution is 7.89. The summed E-state index contributed by atoms with van der Waals surface area (Å²) in [6, 6.07) is 14.7. The molecule has 2 atom stereocenters. The molecule has 0 aliphatic carbocycles. The average molecular weight is 492 g/mol. The summed E-state index contributed by atoms with van der Waals surface area (Å²) in [6.45, 7) is 1.49. The number of aromatic nitrogens is 2. The van der Waals surface area contributed by atoms with Gasteiger partial charge >= 0.3 is 0 Å². The topological polar surface area (TPSA) is 133 Å². The lowest BCUT2D eigenvalue weighted by molar-refractivity contribution is -0.127. The van der Waals surface area contributed by atoms with Crippen molar-refractivity contribution in [2.45, 2.75) is 30.3 Å². The Hall–Kier alpha value is -2.93. The molecule has 9 nitrogen and oxygen atoms in total. The van der Waals surface area contributed by atoms with E-state index in [1.165, 1.54) is 19.1 Å². The Morgan fingerprint density at radius 3 is 2.28 bits per heavy atom. The van der Waals surface area contributed by atoms with Crippen LogP contribution < -0.4 is 15.4 Å². The van der Waals surface area contributed by atoms with Crippen LogP contribution in [-0.4, -0.2) is 42.5 Å². The minimum atomic E-state index is -3.96. The predicted octanol–water partition coefficient (Wildman–Crippen LogP) is 2.23. The summed E-state index contributed by atoms with van der Waals surface area (Å²) in [7, 11) is -3.96. The van der Waals surface area contributed by atoms with Gasteiger partial charge in [0.2, 0.25) is 27.0 Å². The zero-order valence-electron chi connectivity index (χ0n) is 16.9. The van der Waals surface area contributed by atoms with E-state index >= 15 is 0 Å². The number of rotatable bonds is 9. The second-order valence-corrected chi connectivity index (χ2v) is 10.2. The van der Waals surface area contributed by atoms with Crippen molar-refractivity contribution in [2.24, 2.45) is 0 Å². The maximum absolute atomic E-state index is 13.0. The molecule has 1 heterocycles. The standard InChI is InChI=1S/C20H21N5O4S3/c1-13(17(26)22-19-23-24-20(30)31-19)21-18(27)16(12-14-8-4-2-5-9-14)25-32(28,29)15-10-6-3-7-11-15/h2-11,13,16,25H,12H2,1H3,(H,21,27)(H,24,30)(H,22,23,26)/t13-,16-/m0/s1. The van der Waals surface area contributed by atoms with Crippen molar-refractivity contribution >= 4 is 50.5 Å². The maximum atomic E-state index is 13.0. The van der Waals surface area contributed by atoms with Gasteiger partial charge in [-0.3, -0.25) is 20.0 Å². The van der Waals surface area contributed by atoms with Crippen molar-refractivity contribution in [1.82, 2.24) is 20.2 Å². The lowest BCUT2D eigenvalue weighted by Crippen LogP contribution is -2.52. The quantitative estimate of drug-likeness (QED) is 0.339. The van der Waals surface area contributed by atoms with Crippen LogP contribution in [0.5, 0.6) is 0 Å². The number of hydrogen-bond donors (Lipinski definition) is 4. The molecule has 4 N–H and O–H groups in total. The van der Waals surface area contributed by atoms with E-state index in [2.05, 4.69) is 25.6 Å². The Morgan fingerprint density at radius 1 is 1.06 bits per heavy atom. The fourth-order valence-corrected chi connectivity index (χ4v) is 4.78. The molecule has 0 spiro atoms. The fourth-order valence-electron chi connectivity index (χ4n) is 2.77. The lowest BCUT2D eigenvalue weighted by atomic mass is 10.1. The van der Waals surface area contributed by atoms with Crippen LogP contribution in [0.2, 0.25) is 0 Å². The van der Waals surface area contributed by atoms with Gasteiger partial charge in [-0.15, -0.1) is 5.10 Å². The molecule has 0 unspecified atom stereocenters. The number of anilines is 1. The number of carbonyl (C=O) groups excluding carboxylic acids is 2. The van der Waals surface area contributed by atoms with E-state index in [9.17, 15) is 18.0 Å². The lowest BCUT2D eigenvalue weighted by Gasteiger charge is -2.21. The summed E-state index contributed by atoms with van der Waals surface area (Å²) in [5.41, 5.74) is 0.761. The van der Waals surface area contributed by atoms with Crippen LogP contribution >= 0.6 is 23.6 Å². The number of benzene rings is 2. The monoisotopic (exact) mass is 491 g/mol. The minimum Gasteiger partial charge on any atom is -0.343 e. The van der Waals surface area contributed by atoms with Gasteiger partial charge in [0.15, 0.2) is 3.95 Å². The number of nitrogens with one attached hydrogen (secondary N) is 4. The highest BCUT2D eigenvalue weighted by atomic mass is 32.2. The van der Waals surface area contributed by atoms with Crippen molar-refractivity contribution in [2.75, 3.05) is 5.32 Å². The minimum absolute atomic E-state index is 0.0383. The normalized spacial score (nSPS) is 13.2. The Labute approximate surface area is 194 Å². The molecular weight excluding hydrogens is 470 g/mol. The number of sulfonamides is 1. The highest BCUT2D eigenvalue weighted by Gasteiger charge is 2.28. The molecule has 168 valence electrons. The van der Waals surface area contributed by atoms with E-state index in [0.29, 0.717) is 3.95 Å². The van der Waals surface area contributed by atoms with Gasteiger partial charge in [-0.1, -0.05) is 59.9 Å². The number of amides is 2. The Balaban J connectivity index is 1.75. The van der Waals surface area contributed by atoms with Crippen LogP contribution in [0.25, 0.3) is 0 Å². The highest BCUT2D eigenvalue weighted by Crippen LogP contribution is 2.13. The third kappa shape index (κ3) is 6.53. The van der Waals surface area contributed by atoms with Gasteiger partial charge in [0.25, 0.3) is 0 Å². The van der Waals surface area contributed by atoms with Gasteiger partial charge in [-0.25, -0.2) is 8.42 Å². The zero-order valence-corrected chi connectivity index (χ0v) is 19.4. The summed E-state index contributed by atoms with van der Waals surface area (Å²) in [5, 5.41) is 11.8. The van der Waals surface area contributed by atoms with Crippen molar-refractivity contribution < 1.29 is 18.0 Å². The second kappa shape index (κ2) is 10.6. The van der Waals surface area contributed by atoms with Crippen molar-refractivity contribution in [3.05, 3.63) is 70.2 Å². The molecule has 3 rings (SSSR count). The summed E-state index contributed by atoms with van der Waals surface area (Å²) in [4.78, 5) is 25.4. The second-order valence-electron chi connectivity index (χ2n) is 6.81. The molecule has 32 heavy (non-hydrogen) atoms. The van der Waals surface area contributed by atoms with Crippen LogP contribution in [0.15, 0.2) is 65.6 Å². The van der Waals surface area contributed by atoms with Crippen molar-refractivity contribution in [3.63, 3.8) is 0 Å². The van der Waals surface area contributed by atoms with Crippen LogP contribution in [0, 0.1) is 3.95 Å². The number of carbonyl (C=O) groups is 2. The number of nitrogens with zero attached hydrogens (tertiary/aromatic N) is 1. The molecule has 0 saturated heterocycles. The Bertz CT molecular complexity index is 1230. The van der Waals surface area contributed by atoms with E-state index in [0.717, 1.165) is 16.9 Å². The molecule has 12 heteroatoms. The van der Waals surface area contributed by atoms with Crippen molar-refractivity contribution in [3.8, 4) is 0 Å². The number of hydrogen-bond acceptors (Lipinski definition) is 7. The van der Waals surface area contributed by atoms with Gasteiger partial charge < -0.3 is 5.32 Å².